The van der Waals surface area contributed by atoms with Crippen LogP contribution in [0.3, 0.4) is 0 Å². The van der Waals surface area contributed by atoms with Gasteiger partial charge in [-0.05, 0) is 25.1 Å². The van der Waals surface area contributed by atoms with Gasteiger partial charge in [-0.2, -0.15) is 0 Å². The molecule has 0 radical (unpaired) electrons. The lowest BCUT2D eigenvalue weighted by Crippen LogP contribution is -2.25. The number of benzene rings is 2. The second-order valence-corrected chi connectivity index (χ2v) is 8.49. The Balaban J connectivity index is 2.00. The van der Waals surface area contributed by atoms with Gasteiger partial charge in [0.05, 0.1) is 17.4 Å². The first-order valence-electron chi connectivity index (χ1n) is 9.27. The molecule has 0 unspecified atom stereocenters. The summed E-state index contributed by atoms with van der Waals surface area (Å²) in [5.41, 5.74) is 2.20. The molecule has 2 aromatic heterocycles. The minimum Gasteiger partial charge on any atom is -0.549 e. The van der Waals surface area contributed by atoms with Gasteiger partial charge in [-0.1, -0.05) is 64.1 Å². The molecule has 0 aliphatic carbocycles. The van der Waals surface area contributed by atoms with Crippen molar-refractivity contribution in [3.63, 3.8) is 0 Å². The van der Waals surface area contributed by atoms with E-state index in [4.69, 9.17) is 0 Å². The fourth-order valence-electron chi connectivity index (χ4n) is 3.32. The molecule has 2 heterocycles. The van der Waals surface area contributed by atoms with Crippen LogP contribution < -0.4 is 10.7 Å². The van der Waals surface area contributed by atoms with Crippen molar-refractivity contribution >= 4 is 33.7 Å². The second-order valence-electron chi connectivity index (χ2n) is 6.69. The normalized spacial score (nSPS) is 11.1. The molecule has 0 aliphatic heterocycles. The van der Waals surface area contributed by atoms with Gasteiger partial charge in [-0.3, -0.25) is 14.0 Å². The quantitative estimate of drug-likeness (QED) is 0.378. The Bertz CT molecular complexity index is 1330. The van der Waals surface area contributed by atoms with Crippen molar-refractivity contribution in [2.24, 2.45) is 7.05 Å². The van der Waals surface area contributed by atoms with Crippen LogP contribution in [0.15, 0.2) is 69.0 Å². The van der Waals surface area contributed by atoms with Gasteiger partial charge in [-0.25, -0.2) is 4.68 Å². The lowest BCUT2D eigenvalue weighted by molar-refractivity contribution is -0.301. The summed E-state index contributed by atoms with van der Waals surface area (Å²) in [6.07, 6.45) is 0. The van der Waals surface area contributed by atoms with E-state index in [2.05, 4.69) is 26.1 Å². The Morgan fingerprint density at radius 3 is 2.45 bits per heavy atom. The molecule has 4 rings (SSSR count). The Morgan fingerprint density at radius 1 is 1.10 bits per heavy atom. The predicted molar refractivity (Wildman–Crippen MR) is 120 cm³/mol. The average molecular weight is 499 g/mol. The molecule has 2 aromatic carbocycles. The zero-order valence-electron chi connectivity index (χ0n) is 16.7. The zero-order chi connectivity index (χ0) is 22.1. The Hall–Kier alpha value is -3.11. The molecule has 0 aliphatic rings. The van der Waals surface area contributed by atoms with Crippen molar-refractivity contribution in [3.05, 3.63) is 75.1 Å². The largest absolute Gasteiger partial charge is 0.549 e. The third-order valence-electron chi connectivity index (χ3n) is 4.81. The van der Waals surface area contributed by atoms with E-state index < -0.39 is 5.97 Å². The van der Waals surface area contributed by atoms with Crippen molar-refractivity contribution in [3.8, 4) is 22.8 Å². The highest BCUT2D eigenvalue weighted by Gasteiger charge is 2.25. The molecule has 31 heavy (non-hydrogen) atoms. The van der Waals surface area contributed by atoms with E-state index in [9.17, 15) is 14.7 Å². The van der Waals surface area contributed by atoms with Gasteiger partial charge >= 0.3 is 0 Å². The molecule has 8 nitrogen and oxygen atoms in total. The van der Waals surface area contributed by atoms with Crippen molar-refractivity contribution in [1.82, 2.24) is 24.1 Å². The standard InChI is InChI=1S/C21H18BrN5O3S/c1-13-18(20(30)27(25(13)2)14-8-4-3-5-9-14)26-19(15-10-6-7-11-16(15)22)23-24-21(26)31-12-17(28)29/h3-11H,12H2,1-2H3,(H,28,29)/p-1. The van der Waals surface area contributed by atoms with E-state index in [1.54, 1.807) is 21.0 Å². The summed E-state index contributed by atoms with van der Waals surface area (Å²) in [5.74, 6) is -1.11. The van der Waals surface area contributed by atoms with Crippen molar-refractivity contribution in [1.29, 1.82) is 0 Å². The molecule has 0 amide bonds. The second kappa shape index (κ2) is 8.56. The van der Waals surface area contributed by atoms with Crippen LogP contribution in [0, 0.1) is 6.92 Å². The highest BCUT2D eigenvalue weighted by Crippen LogP contribution is 2.32. The maximum absolute atomic E-state index is 13.6. The topological polar surface area (TPSA) is 97.8 Å². The van der Waals surface area contributed by atoms with Crippen LogP contribution in [-0.2, 0) is 11.8 Å². The SMILES string of the molecule is Cc1c(-n2c(SCC(=O)[O-])nnc2-c2ccccc2Br)c(=O)n(-c2ccccc2)n1C. The monoisotopic (exact) mass is 498 g/mol. The molecule has 0 saturated heterocycles. The number of aliphatic carboxylic acids is 1. The molecule has 0 spiro atoms. The number of aromatic nitrogens is 5. The number of nitrogens with zero attached hydrogens (tertiary/aromatic N) is 5. The highest BCUT2D eigenvalue weighted by molar-refractivity contribution is 9.10. The number of hydrogen-bond donors (Lipinski definition) is 0. The summed E-state index contributed by atoms with van der Waals surface area (Å²) >= 11 is 4.48. The molecule has 0 fully saturated rings. The Kier molecular flexibility index (Phi) is 5.84. The van der Waals surface area contributed by atoms with E-state index in [-0.39, 0.29) is 11.3 Å². The van der Waals surface area contributed by atoms with Crippen molar-refractivity contribution in [2.75, 3.05) is 5.75 Å². The van der Waals surface area contributed by atoms with Gasteiger partial charge in [-0.15, -0.1) is 10.2 Å². The van der Waals surface area contributed by atoms with Gasteiger partial charge in [0.15, 0.2) is 11.0 Å². The summed E-state index contributed by atoms with van der Waals surface area (Å²) in [5, 5.41) is 19.8. The first-order valence-corrected chi connectivity index (χ1v) is 11.1. The number of carbonyl (C=O) groups is 1. The minimum absolute atomic E-state index is 0.269. The van der Waals surface area contributed by atoms with E-state index >= 15 is 0 Å². The summed E-state index contributed by atoms with van der Waals surface area (Å²) in [7, 11) is 1.80. The van der Waals surface area contributed by atoms with Crippen LogP contribution in [0.4, 0.5) is 0 Å². The summed E-state index contributed by atoms with van der Waals surface area (Å²) in [4.78, 5) is 24.6. The van der Waals surface area contributed by atoms with Crippen molar-refractivity contribution in [2.45, 2.75) is 12.1 Å². The molecular formula is C21H17BrN5O3S-. The van der Waals surface area contributed by atoms with E-state index in [0.29, 0.717) is 28.0 Å². The van der Waals surface area contributed by atoms with Gasteiger partial charge in [0.1, 0.15) is 5.69 Å². The molecule has 0 atom stereocenters. The molecule has 0 N–H and O–H groups in total. The molecular weight excluding hydrogens is 482 g/mol. The molecule has 158 valence electrons. The molecule has 10 heteroatoms. The van der Waals surface area contributed by atoms with Gasteiger partial charge in [0.2, 0.25) is 0 Å². The number of thioether (sulfide) groups is 1. The highest BCUT2D eigenvalue weighted by atomic mass is 79.9. The van der Waals surface area contributed by atoms with Crippen molar-refractivity contribution < 1.29 is 9.90 Å². The number of para-hydroxylation sites is 1. The number of rotatable bonds is 6. The van der Waals surface area contributed by atoms with Crippen LogP contribution in [0.25, 0.3) is 22.8 Å². The third kappa shape index (κ3) is 3.84. The number of carboxylic acids is 1. The van der Waals surface area contributed by atoms with Crippen LogP contribution in [0.1, 0.15) is 5.69 Å². The number of carboxylic acid groups (broad SMARTS) is 1. The van der Waals surface area contributed by atoms with Gasteiger partial charge < -0.3 is 9.90 Å². The maximum Gasteiger partial charge on any atom is 0.296 e. The third-order valence-corrected chi connectivity index (χ3v) is 6.41. The first kappa shape index (κ1) is 21.1. The van der Waals surface area contributed by atoms with Gasteiger partial charge in [0.25, 0.3) is 5.56 Å². The van der Waals surface area contributed by atoms with Crippen LogP contribution in [-0.4, -0.2) is 35.9 Å². The first-order chi connectivity index (χ1) is 14.9. The number of halogens is 1. The Labute approximate surface area is 190 Å². The van der Waals surface area contributed by atoms with E-state index in [0.717, 1.165) is 21.8 Å². The van der Waals surface area contributed by atoms with E-state index in [1.165, 1.54) is 0 Å². The van der Waals surface area contributed by atoms with Crippen LogP contribution >= 0.6 is 27.7 Å². The number of hydrogen-bond acceptors (Lipinski definition) is 6. The van der Waals surface area contributed by atoms with Crippen LogP contribution in [0.5, 0.6) is 0 Å². The average Bonchev–Trinajstić information content (AvgIpc) is 3.25. The predicted octanol–water partition coefficient (Wildman–Crippen LogP) is 2.34. The van der Waals surface area contributed by atoms with Gasteiger partial charge in [0, 0.05) is 22.8 Å². The lowest BCUT2D eigenvalue weighted by Gasteiger charge is -2.10. The zero-order valence-corrected chi connectivity index (χ0v) is 19.1. The summed E-state index contributed by atoms with van der Waals surface area (Å²) in [6.45, 7) is 1.83. The van der Waals surface area contributed by atoms with Crippen LogP contribution in [0.2, 0.25) is 0 Å². The molecule has 0 bridgehead atoms. The fourth-order valence-corrected chi connectivity index (χ4v) is 4.43. The summed E-state index contributed by atoms with van der Waals surface area (Å²) in [6, 6.07) is 16.7. The fraction of sp³-hybridized carbons (Fsp3) is 0.143. The summed E-state index contributed by atoms with van der Waals surface area (Å²) < 4.78 is 5.70. The Morgan fingerprint density at radius 2 is 1.77 bits per heavy atom. The maximum atomic E-state index is 13.6. The smallest absolute Gasteiger partial charge is 0.296 e. The number of carbonyl (C=O) groups excluding carboxylic acids is 1. The minimum atomic E-state index is -1.23. The molecule has 0 saturated carbocycles. The van der Waals surface area contributed by atoms with E-state index in [1.807, 2.05) is 61.5 Å². The molecule has 4 aromatic rings. The lowest BCUT2D eigenvalue weighted by atomic mass is 10.2.